The van der Waals surface area contributed by atoms with Crippen molar-refractivity contribution in [3.05, 3.63) is 70.8 Å². The minimum atomic E-state index is -4.59. The molecule has 6 nitrogen and oxygen atoms in total. The number of para-hydroxylation sites is 1. The van der Waals surface area contributed by atoms with Crippen LogP contribution in [0.1, 0.15) is 77.6 Å². The molecule has 1 aromatic heterocycles. The number of alkyl halides is 4. The molecular weight excluding hydrogens is 510 g/mol. The van der Waals surface area contributed by atoms with E-state index in [1.165, 1.54) is 11.0 Å². The third-order valence-corrected chi connectivity index (χ3v) is 8.69. The Morgan fingerprint density at radius 1 is 1.21 bits per heavy atom. The smallest absolute Gasteiger partial charge is 0.307 e. The summed E-state index contributed by atoms with van der Waals surface area (Å²) < 4.78 is 59.5. The molecule has 2 saturated carbocycles. The Hall–Kier alpha value is -3.27. The molecule has 3 aromatic rings. The second kappa shape index (κ2) is 9.43. The first-order chi connectivity index (χ1) is 18.6. The maximum absolute atomic E-state index is 14.3. The van der Waals surface area contributed by atoms with Gasteiger partial charge < -0.3 is 10.2 Å². The van der Waals surface area contributed by atoms with Gasteiger partial charge in [-0.25, -0.2) is 4.57 Å². The predicted octanol–water partition coefficient (Wildman–Crippen LogP) is 5.37. The zero-order chi connectivity index (χ0) is 27.5. The first-order valence-corrected chi connectivity index (χ1v) is 13.5. The molecule has 2 heterocycles. The molecule has 39 heavy (non-hydrogen) atoms. The van der Waals surface area contributed by atoms with Gasteiger partial charge in [-0.05, 0) is 80.2 Å². The highest BCUT2D eigenvalue weighted by Gasteiger charge is 2.43. The first kappa shape index (κ1) is 26.0. The monoisotopic (exact) mass is 542 g/mol. The van der Waals surface area contributed by atoms with Crippen LogP contribution >= 0.6 is 0 Å². The number of benzene rings is 2. The molecule has 2 aliphatic carbocycles. The summed E-state index contributed by atoms with van der Waals surface area (Å²) in [4.78, 5) is 15.2. The Labute approximate surface area is 224 Å². The van der Waals surface area contributed by atoms with Crippen LogP contribution in [0.25, 0.3) is 5.69 Å². The van der Waals surface area contributed by atoms with Crippen molar-refractivity contribution in [3.63, 3.8) is 0 Å². The van der Waals surface area contributed by atoms with Gasteiger partial charge in [-0.1, -0.05) is 16.8 Å². The summed E-state index contributed by atoms with van der Waals surface area (Å²) in [5.41, 5.74) is 1.75. The van der Waals surface area contributed by atoms with Crippen molar-refractivity contribution in [2.45, 2.75) is 69.8 Å². The zero-order valence-electron chi connectivity index (χ0n) is 22.1. The average molecular weight is 543 g/mol. The van der Waals surface area contributed by atoms with E-state index in [1.54, 1.807) is 34.0 Å². The summed E-state index contributed by atoms with van der Waals surface area (Å²) in [5.74, 6) is -0.370. The third-order valence-electron chi connectivity index (χ3n) is 8.69. The Kier molecular flexibility index (Phi) is 6.28. The highest BCUT2D eigenvalue weighted by molar-refractivity contribution is 6.11. The van der Waals surface area contributed by atoms with Crippen LogP contribution in [0.15, 0.2) is 43.0 Å². The molecule has 0 spiro atoms. The van der Waals surface area contributed by atoms with Crippen molar-refractivity contribution in [2.24, 2.45) is 13.0 Å². The number of hydrogen-bond donors (Lipinski definition) is 1. The molecule has 3 aliphatic rings. The highest BCUT2D eigenvalue weighted by atomic mass is 19.4. The van der Waals surface area contributed by atoms with E-state index in [4.69, 9.17) is 0 Å². The number of carbonyl (C=O) groups excluding carboxylic acids is 1. The van der Waals surface area contributed by atoms with E-state index in [0.29, 0.717) is 29.8 Å². The van der Waals surface area contributed by atoms with Crippen molar-refractivity contribution >= 4 is 11.6 Å². The molecular formula is C29H32F4N5O+. The van der Waals surface area contributed by atoms with E-state index < -0.39 is 17.6 Å². The van der Waals surface area contributed by atoms with Gasteiger partial charge in [0.2, 0.25) is 6.33 Å². The second-order valence-electron chi connectivity index (χ2n) is 11.6. The number of fused-ring (bicyclic) bond motifs is 1. The second-order valence-corrected chi connectivity index (χ2v) is 11.6. The summed E-state index contributed by atoms with van der Waals surface area (Å²) in [6, 6.07) is 8.30. The molecule has 1 N–H and O–H groups in total. The lowest BCUT2D eigenvalue weighted by molar-refractivity contribution is -0.672. The summed E-state index contributed by atoms with van der Waals surface area (Å²) in [7, 11) is 1.82. The molecule has 2 fully saturated rings. The Morgan fingerprint density at radius 3 is 2.59 bits per heavy atom. The summed E-state index contributed by atoms with van der Waals surface area (Å²) in [6.45, 7) is 1.78. The molecule has 206 valence electrons. The van der Waals surface area contributed by atoms with E-state index in [9.17, 15) is 22.4 Å². The number of aromatic nitrogens is 3. The molecule has 0 atom stereocenters. The summed E-state index contributed by atoms with van der Waals surface area (Å²) >= 11 is 0. The summed E-state index contributed by atoms with van der Waals surface area (Å²) in [6.07, 6.45) is 3.21. The van der Waals surface area contributed by atoms with Crippen molar-refractivity contribution in [1.29, 1.82) is 0 Å². The van der Waals surface area contributed by atoms with Crippen molar-refractivity contribution in [3.8, 4) is 5.69 Å². The van der Waals surface area contributed by atoms with Crippen molar-refractivity contribution < 1.29 is 26.9 Å². The van der Waals surface area contributed by atoms with E-state index >= 15 is 0 Å². The number of aryl methyl sites for hydroxylation is 1. The largest absolute Gasteiger partial charge is 0.416 e. The Balaban J connectivity index is 1.40. The fourth-order valence-electron chi connectivity index (χ4n) is 6.16. The lowest BCUT2D eigenvalue weighted by Crippen LogP contribution is -2.47. The first-order valence-electron chi connectivity index (χ1n) is 13.5. The average Bonchev–Trinajstić information content (AvgIpc) is 3.42. The highest BCUT2D eigenvalue weighted by Crippen LogP contribution is 2.47. The van der Waals surface area contributed by atoms with Crippen molar-refractivity contribution in [1.82, 2.24) is 15.1 Å². The summed E-state index contributed by atoms with van der Waals surface area (Å²) in [5, 5.41) is 7.82. The number of carbonyl (C=O) groups is 1. The minimum Gasteiger partial charge on any atom is -0.307 e. The van der Waals surface area contributed by atoms with Crippen molar-refractivity contribution in [2.75, 3.05) is 11.6 Å². The van der Waals surface area contributed by atoms with Gasteiger partial charge in [0.25, 0.3) is 12.2 Å². The van der Waals surface area contributed by atoms with E-state index in [1.807, 2.05) is 19.2 Å². The third kappa shape index (κ3) is 4.62. The van der Waals surface area contributed by atoms with Gasteiger partial charge in [-0.3, -0.25) is 9.18 Å². The normalized spacial score (nSPS) is 22.0. The van der Waals surface area contributed by atoms with Crippen LogP contribution in [0, 0.1) is 5.92 Å². The van der Waals surface area contributed by atoms with Crippen LogP contribution in [0.5, 0.6) is 0 Å². The van der Waals surface area contributed by atoms with Gasteiger partial charge in [0.05, 0.1) is 31.5 Å². The van der Waals surface area contributed by atoms with E-state index in [-0.39, 0.29) is 48.3 Å². The topological polar surface area (TPSA) is 54.0 Å². The Morgan fingerprint density at radius 2 is 1.97 bits per heavy atom. The number of anilines is 1. The predicted molar refractivity (Wildman–Crippen MR) is 137 cm³/mol. The Bertz CT molecular complexity index is 1420. The maximum atomic E-state index is 14.3. The van der Waals surface area contributed by atoms with E-state index in [2.05, 4.69) is 17.3 Å². The van der Waals surface area contributed by atoms with Gasteiger partial charge in [0, 0.05) is 28.3 Å². The fourth-order valence-corrected chi connectivity index (χ4v) is 6.16. The van der Waals surface area contributed by atoms with Gasteiger partial charge in [-0.15, -0.1) is 0 Å². The standard InChI is InChI=1S/C29H32F4N5O/c1-28(7-4-8-28)34-14-19-11-22-23(24(12-19)29(31,32)33)15-37(27(22)39)25-6-3-5-21(20-9-18(10-20)13-30)26(25)38-17-36(2)16-35-38/h3,5-6,11-12,16-18,20,34H,4,7-10,13-15H2,1-2H3/q+1. The number of nitrogens with zero attached hydrogens (tertiary/aromatic N) is 4. The fraction of sp³-hybridized carbons (Fsp3) is 0.483. The van der Waals surface area contributed by atoms with E-state index in [0.717, 1.165) is 24.8 Å². The van der Waals surface area contributed by atoms with Gasteiger partial charge in [0.15, 0.2) is 5.69 Å². The lowest BCUT2D eigenvalue weighted by Gasteiger charge is -2.39. The van der Waals surface area contributed by atoms with Gasteiger partial charge >= 0.3 is 6.18 Å². The molecule has 0 unspecified atom stereocenters. The number of hydrogen-bond acceptors (Lipinski definition) is 3. The number of halogens is 4. The van der Waals surface area contributed by atoms with Crippen LogP contribution in [-0.2, 0) is 26.3 Å². The molecule has 1 amide bonds. The number of nitrogens with one attached hydrogen (secondary N) is 1. The molecule has 10 heteroatoms. The quantitative estimate of drug-likeness (QED) is 0.323. The molecule has 6 rings (SSSR count). The SMILES string of the molecule is C[n+]1cnn(-c2c(C3CC(CF)C3)cccc2N2Cc3c(cc(CNC4(C)CCC4)cc3C(F)(F)F)C2=O)c1. The molecule has 1 aliphatic heterocycles. The number of amides is 1. The van der Waals surface area contributed by atoms with Crippen LogP contribution in [-0.4, -0.2) is 27.9 Å². The molecule has 0 saturated heterocycles. The molecule has 2 aromatic carbocycles. The molecule has 0 bridgehead atoms. The van der Waals surface area contributed by atoms with Crippen LogP contribution in [0.4, 0.5) is 23.2 Å². The number of rotatable bonds is 7. The van der Waals surface area contributed by atoms with Gasteiger partial charge in [-0.2, -0.15) is 13.2 Å². The molecule has 0 radical (unpaired) electrons. The van der Waals surface area contributed by atoms with Crippen LogP contribution < -0.4 is 14.8 Å². The van der Waals surface area contributed by atoms with Gasteiger partial charge in [0.1, 0.15) is 0 Å². The maximum Gasteiger partial charge on any atom is 0.416 e. The zero-order valence-corrected chi connectivity index (χ0v) is 22.1. The lowest BCUT2D eigenvalue weighted by atomic mass is 9.71. The van der Waals surface area contributed by atoms with Crippen LogP contribution in [0.2, 0.25) is 0 Å². The minimum absolute atomic E-state index is 0.00137. The van der Waals surface area contributed by atoms with Crippen LogP contribution in [0.3, 0.4) is 0 Å².